The van der Waals surface area contributed by atoms with E-state index in [0.717, 1.165) is 55.5 Å². The first-order valence-electron chi connectivity index (χ1n) is 13.0. The molecule has 11 atom stereocenters. The van der Waals surface area contributed by atoms with Crippen molar-refractivity contribution in [2.45, 2.75) is 103 Å². The molecule has 2 heterocycles. The largest absolute Gasteiger partial charge is 0.393 e. The summed E-state index contributed by atoms with van der Waals surface area (Å²) in [7, 11) is 0. The molecule has 0 unspecified atom stereocenters. The van der Waals surface area contributed by atoms with Crippen molar-refractivity contribution in [1.29, 1.82) is 0 Å². The Bertz CT molecular complexity index is 734. The second-order valence-electron chi connectivity index (χ2n) is 12.5. The van der Waals surface area contributed by atoms with Crippen LogP contribution >= 0.6 is 0 Å². The molecule has 2 aliphatic heterocycles. The Kier molecular flexibility index (Phi) is 4.60. The summed E-state index contributed by atoms with van der Waals surface area (Å²) in [6.45, 7) is 10.6. The van der Waals surface area contributed by atoms with E-state index < -0.39 is 0 Å². The van der Waals surface area contributed by atoms with Gasteiger partial charge in [-0.3, -0.25) is 0 Å². The molecule has 1 N–H and O–H groups in total. The Morgan fingerprint density at radius 1 is 0.967 bits per heavy atom. The summed E-state index contributed by atoms with van der Waals surface area (Å²) >= 11 is 0. The summed E-state index contributed by atoms with van der Waals surface area (Å²) in [6.07, 6.45) is 11.2. The van der Waals surface area contributed by atoms with Gasteiger partial charge in [0.05, 0.1) is 18.8 Å². The van der Waals surface area contributed by atoms with Crippen molar-refractivity contribution in [3.63, 3.8) is 0 Å². The van der Waals surface area contributed by atoms with Crippen molar-refractivity contribution in [2.75, 3.05) is 6.61 Å². The molecule has 1 spiro atoms. The highest BCUT2D eigenvalue weighted by Crippen LogP contribution is 2.67. The van der Waals surface area contributed by atoms with Crippen LogP contribution < -0.4 is 0 Å². The Balaban J connectivity index is 1.29. The first kappa shape index (κ1) is 20.2. The molecular weight excluding hydrogens is 372 g/mol. The third-order valence-corrected chi connectivity index (χ3v) is 11.2. The van der Waals surface area contributed by atoms with Gasteiger partial charge in [0.1, 0.15) is 0 Å². The van der Waals surface area contributed by atoms with Gasteiger partial charge in [0, 0.05) is 12.3 Å². The molecule has 0 amide bonds. The van der Waals surface area contributed by atoms with E-state index >= 15 is 0 Å². The maximum Gasteiger partial charge on any atom is 0.175 e. The zero-order valence-electron chi connectivity index (χ0n) is 19.5. The molecular formula is C27H42O3. The minimum atomic E-state index is -0.338. The van der Waals surface area contributed by atoms with Gasteiger partial charge in [-0.1, -0.05) is 26.3 Å². The smallest absolute Gasteiger partial charge is 0.175 e. The molecule has 5 fully saturated rings. The zero-order chi connectivity index (χ0) is 20.8. The first-order chi connectivity index (χ1) is 14.3. The predicted molar refractivity (Wildman–Crippen MR) is 118 cm³/mol. The van der Waals surface area contributed by atoms with Gasteiger partial charge in [0.2, 0.25) is 0 Å². The van der Waals surface area contributed by atoms with Crippen LogP contribution in [0.1, 0.15) is 85.5 Å². The minimum Gasteiger partial charge on any atom is -0.393 e. The summed E-state index contributed by atoms with van der Waals surface area (Å²) in [4.78, 5) is 0. The fourth-order valence-electron chi connectivity index (χ4n) is 9.43. The molecule has 0 aromatic carbocycles. The lowest BCUT2D eigenvalue weighted by atomic mass is 9.52. The van der Waals surface area contributed by atoms with Gasteiger partial charge in [0.25, 0.3) is 0 Å². The standard InChI is InChI=1S/C27H42O3/c1-15-7-10-27(29-14-15)17(3)25-16(2)21-12-23-20(22(21)13-24(25)30-27)6-5-18-11-19(28)8-9-26(18,23)4/h15,17-24,28H,5-14H2,1-4H3/t15-,17+,18+,19+,20+,21+,22+,23+,24+,26+,27-/m1/s1. The molecule has 30 heavy (non-hydrogen) atoms. The van der Waals surface area contributed by atoms with Gasteiger partial charge in [-0.25, -0.2) is 0 Å². The van der Waals surface area contributed by atoms with Gasteiger partial charge >= 0.3 is 0 Å². The van der Waals surface area contributed by atoms with Crippen LogP contribution in [0.2, 0.25) is 0 Å². The molecule has 0 bridgehead atoms. The van der Waals surface area contributed by atoms with Crippen molar-refractivity contribution >= 4 is 0 Å². The maximum absolute atomic E-state index is 10.3. The van der Waals surface area contributed by atoms with E-state index in [1.807, 2.05) is 0 Å². The van der Waals surface area contributed by atoms with Gasteiger partial charge < -0.3 is 14.6 Å². The summed E-state index contributed by atoms with van der Waals surface area (Å²) in [5, 5.41) is 10.3. The molecule has 6 aliphatic rings. The molecule has 0 radical (unpaired) electrons. The number of fused-ring (bicyclic) bond motifs is 6. The normalized spacial score (nSPS) is 57.7. The Morgan fingerprint density at radius 2 is 1.80 bits per heavy atom. The van der Waals surface area contributed by atoms with Crippen LogP contribution in [-0.2, 0) is 9.47 Å². The summed E-state index contributed by atoms with van der Waals surface area (Å²) < 4.78 is 13.3. The molecule has 2 saturated heterocycles. The van der Waals surface area contributed by atoms with E-state index in [9.17, 15) is 5.11 Å². The second kappa shape index (κ2) is 6.81. The monoisotopic (exact) mass is 414 g/mol. The van der Waals surface area contributed by atoms with Crippen LogP contribution in [-0.4, -0.2) is 29.7 Å². The third kappa shape index (κ3) is 2.67. The molecule has 168 valence electrons. The average molecular weight is 415 g/mol. The molecule has 4 aliphatic carbocycles. The number of aliphatic hydroxyl groups is 1. The van der Waals surface area contributed by atoms with Crippen LogP contribution in [0.4, 0.5) is 0 Å². The van der Waals surface area contributed by atoms with E-state index in [4.69, 9.17) is 9.47 Å². The SMILES string of the molecule is CC1=C2[C@H](C[C@H]3[C@@H]4CC[C@H]5C[C@@H](O)CC[C@]5(C)[C@H]4C[C@@H]13)O[C@]1(CC[C@@H](C)CO1)[C@H]2C. The van der Waals surface area contributed by atoms with E-state index in [0.29, 0.717) is 23.4 Å². The van der Waals surface area contributed by atoms with Gasteiger partial charge in [0.15, 0.2) is 5.79 Å². The second-order valence-corrected chi connectivity index (χ2v) is 12.5. The fourth-order valence-corrected chi connectivity index (χ4v) is 9.43. The fraction of sp³-hybridized carbons (Fsp3) is 0.926. The van der Waals surface area contributed by atoms with Crippen molar-refractivity contribution in [2.24, 2.45) is 46.8 Å². The minimum absolute atomic E-state index is 0.0461. The molecule has 3 heteroatoms. The van der Waals surface area contributed by atoms with E-state index in [-0.39, 0.29) is 11.9 Å². The molecule has 6 rings (SSSR count). The number of rotatable bonds is 0. The van der Waals surface area contributed by atoms with Gasteiger partial charge in [-0.05, 0) is 105 Å². The maximum atomic E-state index is 10.3. The zero-order valence-corrected chi connectivity index (χ0v) is 19.5. The summed E-state index contributed by atoms with van der Waals surface area (Å²) in [5.74, 6) is 4.76. The summed E-state index contributed by atoms with van der Waals surface area (Å²) in [5.41, 5.74) is 3.74. The van der Waals surface area contributed by atoms with E-state index in [1.165, 1.54) is 38.5 Å². The number of hydrogen-bond acceptors (Lipinski definition) is 3. The van der Waals surface area contributed by atoms with E-state index in [2.05, 4.69) is 27.7 Å². The highest BCUT2D eigenvalue weighted by Gasteiger charge is 2.61. The predicted octanol–water partition coefficient (Wildman–Crippen LogP) is 5.71. The van der Waals surface area contributed by atoms with Gasteiger partial charge in [-0.2, -0.15) is 0 Å². The highest BCUT2D eigenvalue weighted by atomic mass is 16.7. The van der Waals surface area contributed by atoms with Crippen LogP contribution in [0.25, 0.3) is 0 Å². The Hall–Kier alpha value is -0.380. The lowest BCUT2D eigenvalue weighted by Crippen LogP contribution is -2.47. The van der Waals surface area contributed by atoms with Crippen molar-refractivity contribution < 1.29 is 14.6 Å². The van der Waals surface area contributed by atoms with Crippen LogP contribution in [0.15, 0.2) is 11.1 Å². The average Bonchev–Trinajstić information content (AvgIpc) is 3.23. The highest BCUT2D eigenvalue weighted by molar-refractivity contribution is 5.33. The number of hydrogen-bond donors (Lipinski definition) is 1. The topological polar surface area (TPSA) is 38.7 Å². The lowest BCUT2D eigenvalue weighted by Gasteiger charge is -2.53. The Morgan fingerprint density at radius 3 is 2.57 bits per heavy atom. The van der Waals surface area contributed by atoms with Gasteiger partial charge in [-0.15, -0.1) is 0 Å². The molecule has 0 aromatic rings. The van der Waals surface area contributed by atoms with E-state index in [1.54, 1.807) is 11.1 Å². The molecule has 0 aromatic heterocycles. The first-order valence-corrected chi connectivity index (χ1v) is 13.0. The van der Waals surface area contributed by atoms with Crippen molar-refractivity contribution in [3.05, 3.63) is 11.1 Å². The number of ether oxygens (including phenoxy) is 2. The molecule has 3 nitrogen and oxygen atoms in total. The quantitative estimate of drug-likeness (QED) is 0.516. The lowest BCUT2D eigenvalue weighted by molar-refractivity contribution is -0.270. The Labute approximate surface area is 183 Å². The van der Waals surface area contributed by atoms with Crippen LogP contribution in [0.5, 0.6) is 0 Å². The number of allylic oxidation sites excluding steroid dienone is 1. The van der Waals surface area contributed by atoms with Crippen LogP contribution in [0, 0.1) is 46.8 Å². The van der Waals surface area contributed by atoms with Crippen molar-refractivity contribution in [1.82, 2.24) is 0 Å². The van der Waals surface area contributed by atoms with Crippen LogP contribution in [0.3, 0.4) is 0 Å². The summed E-state index contributed by atoms with van der Waals surface area (Å²) in [6, 6.07) is 0. The van der Waals surface area contributed by atoms with Crippen molar-refractivity contribution in [3.8, 4) is 0 Å². The molecule has 3 saturated carbocycles. The third-order valence-electron chi connectivity index (χ3n) is 11.2. The number of aliphatic hydroxyl groups excluding tert-OH is 1.